The summed E-state index contributed by atoms with van der Waals surface area (Å²) in [4.78, 5) is 2.35. The fourth-order valence-electron chi connectivity index (χ4n) is 2.73. The molecule has 1 aliphatic heterocycles. The van der Waals surface area contributed by atoms with Gasteiger partial charge in [-0.3, -0.25) is 0 Å². The van der Waals surface area contributed by atoms with Crippen molar-refractivity contribution in [1.82, 2.24) is 4.90 Å². The summed E-state index contributed by atoms with van der Waals surface area (Å²) < 4.78 is 19.1. The molecule has 0 radical (unpaired) electrons. The molecule has 4 heteroatoms. The minimum absolute atomic E-state index is 0.210. The van der Waals surface area contributed by atoms with Crippen molar-refractivity contribution < 1.29 is 9.13 Å². The number of ether oxygens (including phenoxy) is 1. The van der Waals surface area contributed by atoms with Crippen LogP contribution in [0.15, 0.2) is 24.3 Å². The first-order chi connectivity index (χ1) is 9.11. The van der Waals surface area contributed by atoms with E-state index in [0.717, 1.165) is 26.1 Å². The number of hydrogen-bond acceptors (Lipinski definition) is 3. The van der Waals surface area contributed by atoms with Gasteiger partial charge in [-0.05, 0) is 18.4 Å². The molecule has 3 nitrogen and oxygen atoms in total. The lowest BCUT2D eigenvalue weighted by Gasteiger charge is -2.26. The summed E-state index contributed by atoms with van der Waals surface area (Å²) in [5.41, 5.74) is 6.80. The van der Waals surface area contributed by atoms with Crippen LogP contribution in [-0.4, -0.2) is 37.7 Å². The average molecular weight is 266 g/mol. The van der Waals surface area contributed by atoms with E-state index in [0.29, 0.717) is 11.7 Å². The predicted molar refractivity (Wildman–Crippen MR) is 74.3 cm³/mol. The Kier molecular flexibility index (Phi) is 4.91. The van der Waals surface area contributed by atoms with Crippen molar-refractivity contribution in [3.8, 4) is 0 Å². The molecule has 0 aliphatic carbocycles. The molecule has 0 amide bonds. The third-order valence-electron chi connectivity index (χ3n) is 3.99. The molecule has 2 N–H and O–H groups in total. The lowest BCUT2D eigenvalue weighted by molar-refractivity contribution is 0.105. The fourth-order valence-corrected chi connectivity index (χ4v) is 2.73. The third kappa shape index (κ3) is 3.53. The van der Waals surface area contributed by atoms with Crippen molar-refractivity contribution in [2.45, 2.75) is 25.5 Å². The summed E-state index contributed by atoms with van der Waals surface area (Å²) in [6.45, 7) is 4.95. The lowest BCUT2D eigenvalue weighted by atomic mass is 9.94. The molecule has 1 aliphatic rings. The molecule has 3 unspecified atom stereocenters. The van der Waals surface area contributed by atoms with E-state index in [4.69, 9.17) is 10.5 Å². The number of nitrogens with zero attached hydrogens (tertiary/aromatic N) is 1. The fraction of sp³-hybridized carbons (Fsp3) is 0.600. The van der Waals surface area contributed by atoms with E-state index in [1.165, 1.54) is 6.07 Å². The Hall–Kier alpha value is -0.970. The van der Waals surface area contributed by atoms with Crippen LogP contribution in [-0.2, 0) is 4.74 Å². The van der Waals surface area contributed by atoms with Crippen LogP contribution in [0.5, 0.6) is 0 Å². The summed E-state index contributed by atoms with van der Waals surface area (Å²) in [7, 11) is 1.75. The zero-order chi connectivity index (χ0) is 13.8. The first kappa shape index (κ1) is 14.4. The van der Waals surface area contributed by atoms with Crippen LogP contribution in [0.4, 0.5) is 4.39 Å². The summed E-state index contributed by atoms with van der Waals surface area (Å²) >= 11 is 0. The number of likely N-dealkylation sites (tertiary alicyclic amines) is 1. The summed E-state index contributed by atoms with van der Waals surface area (Å²) in [5.74, 6) is 0.00514. The molecule has 0 spiro atoms. The molecule has 0 bridgehead atoms. The largest absolute Gasteiger partial charge is 0.380 e. The average Bonchev–Trinajstić information content (AvgIpc) is 2.86. The van der Waals surface area contributed by atoms with Gasteiger partial charge in [0.1, 0.15) is 5.82 Å². The van der Waals surface area contributed by atoms with Gasteiger partial charge in [-0.2, -0.15) is 0 Å². The predicted octanol–water partition coefficient (Wildman–Crippen LogP) is 2.18. The highest BCUT2D eigenvalue weighted by Crippen LogP contribution is 2.24. The number of hydrogen-bond donors (Lipinski definition) is 1. The molecular weight excluding hydrogens is 243 g/mol. The van der Waals surface area contributed by atoms with Crippen LogP contribution in [0.3, 0.4) is 0 Å². The number of methoxy groups -OCH3 is 1. The van der Waals surface area contributed by atoms with Gasteiger partial charge in [0.2, 0.25) is 0 Å². The van der Waals surface area contributed by atoms with Crippen LogP contribution < -0.4 is 5.73 Å². The molecule has 2 rings (SSSR count). The van der Waals surface area contributed by atoms with Crippen molar-refractivity contribution in [3.63, 3.8) is 0 Å². The molecule has 106 valence electrons. The Morgan fingerprint density at radius 1 is 1.47 bits per heavy atom. The third-order valence-corrected chi connectivity index (χ3v) is 3.99. The second-order valence-corrected chi connectivity index (χ2v) is 5.43. The quantitative estimate of drug-likeness (QED) is 0.888. The highest BCUT2D eigenvalue weighted by atomic mass is 19.1. The topological polar surface area (TPSA) is 38.5 Å². The maximum absolute atomic E-state index is 13.7. The zero-order valence-corrected chi connectivity index (χ0v) is 11.7. The van der Waals surface area contributed by atoms with Gasteiger partial charge >= 0.3 is 0 Å². The molecule has 19 heavy (non-hydrogen) atoms. The maximum atomic E-state index is 13.7. The van der Waals surface area contributed by atoms with Gasteiger partial charge in [0, 0.05) is 38.3 Å². The number of rotatable bonds is 5. The Morgan fingerprint density at radius 3 is 2.84 bits per heavy atom. The molecule has 3 atom stereocenters. The number of benzene rings is 1. The molecular formula is C15H23FN2O. The first-order valence-electron chi connectivity index (χ1n) is 6.87. The van der Waals surface area contributed by atoms with Crippen molar-refractivity contribution >= 4 is 0 Å². The van der Waals surface area contributed by atoms with Gasteiger partial charge in [-0.1, -0.05) is 25.1 Å². The molecule has 1 fully saturated rings. The molecule has 1 aromatic rings. The van der Waals surface area contributed by atoms with Gasteiger partial charge in [0.15, 0.2) is 0 Å². The van der Waals surface area contributed by atoms with Crippen molar-refractivity contribution in [2.24, 2.45) is 11.7 Å². The number of halogens is 1. The summed E-state index contributed by atoms with van der Waals surface area (Å²) in [6, 6.07) is 6.52. The second-order valence-electron chi connectivity index (χ2n) is 5.43. The van der Waals surface area contributed by atoms with Gasteiger partial charge in [-0.15, -0.1) is 0 Å². The highest BCUT2D eigenvalue weighted by Gasteiger charge is 2.26. The van der Waals surface area contributed by atoms with Gasteiger partial charge in [-0.25, -0.2) is 4.39 Å². The van der Waals surface area contributed by atoms with E-state index in [-0.39, 0.29) is 17.8 Å². The van der Waals surface area contributed by atoms with Gasteiger partial charge < -0.3 is 15.4 Å². The summed E-state index contributed by atoms with van der Waals surface area (Å²) in [6.07, 6.45) is 1.40. The molecule has 1 saturated heterocycles. The van der Waals surface area contributed by atoms with Crippen LogP contribution >= 0.6 is 0 Å². The van der Waals surface area contributed by atoms with E-state index < -0.39 is 0 Å². The Morgan fingerprint density at radius 2 is 2.21 bits per heavy atom. The van der Waals surface area contributed by atoms with E-state index in [2.05, 4.69) is 11.8 Å². The van der Waals surface area contributed by atoms with E-state index in [1.807, 2.05) is 6.07 Å². The van der Waals surface area contributed by atoms with Crippen molar-refractivity contribution in [3.05, 3.63) is 35.6 Å². The van der Waals surface area contributed by atoms with Crippen molar-refractivity contribution in [1.29, 1.82) is 0 Å². The smallest absolute Gasteiger partial charge is 0.127 e. The van der Waals surface area contributed by atoms with Crippen LogP contribution in [0, 0.1) is 11.7 Å². The Labute approximate surface area is 114 Å². The zero-order valence-electron chi connectivity index (χ0n) is 11.7. The molecule has 0 aromatic heterocycles. The van der Waals surface area contributed by atoms with Gasteiger partial charge in [0.05, 0.1) is 6.10 Å². The van der Waals surface area contributed by atoms with E-state index >= 15 is 0 Å². The second kappa shape index (κ2) is 6.46. The monoisotopic (exact) mass is 266 g/mol. The Balaban J connectivity index is 1.93. The molecule has 1 heterocycles. The molecule has 0 saturated carbocycles. The SMILES string of the molecule is COC1CCN(CC(C)C(N)c2ccccc2F)C1. The van der Waals surface area contributed by atoms with Gasteiger partial charge in [0.25, 0.3) is 0 Å². The van der Waals surface area contributed by atoms with Crippen LogP contribution in [0.25, 0.3) is 0 Å². The van der Waals surface area contributed by atoms with Crippen LogP contribution in [0.2, 0.25) is 0 Å². The van der Waals surface area contributed by atoms with Crippen molar-refractivity contribution in [2.75, 3.05) is 26.7 Å². The number of nitrogens with two attached hydrogens (primary N) is 1. The standard InChI is InChI=1S/C15H23FN2O/c1-11(9-18-8-7-12(10-18)19-2)15(17)13-5-3-4-6-14(13)16/h3-6,11-12,15H,7-10,17H2,1-2H3. The maximum Gasteiger partial charge on any atom is 0.127 e. The first-order valence-corrected chi connectivity index (χ1v) is 6.87. The van der Waals surface area contributed by atoms with Crippen LogP contribution in [0.1, 0.15) is 24.9 Å². The minimum Gasteiger partial charge on any atom is -0.380 e. The summed E-state index contributed by atoms with van der Waals surface area (Å²) in [5, 5.41) is 0. The van der Waals surface area contributed by atoms with E-state index in [9.17, 15) is 4.39 Å². The lowest BCUT2D eigenvalue weighted by Crippen LogP contribution is -2.33. The highest BCUT2D eigenvalue weighted by molar-refractivity contribution is 5.21. The minimum atomic E-state index is -0.261. The van der Waals surface area contributed by atoms with E-state index in [1.54, 1.807) is 19.2 Å². The normalized spacial score (nSPS) is 23.5. The molecule has 1 aromatic carbocycles. The Bertz CT molecular complexity index is 413.